The Morgan fingerprint density at radius 2 is 2.11 bits per heavy atom. The minimum absolute atomic E-state index is 0.124. The Bertz CT molecular complexity index is 418. The lowest BCUT2D eigenvalue weighted by molar-refractivity contribution is 0.106. The van der Waals surface area contributed by atoms with Gasteiger partial charge in [0.05, 0.1) is 12.1 Å². The number of nitrogens with zero attached hydrogens (tertiary/aromatic N) is 3. The van der Waals surface area contributed by atoms with Crippen molar-refractivity contribution in [2.45, 2.75) is 43.0 Å². The molecule has 4 nitrogen and oxygen atoms in total. The first kappa shape index (κ1) is 13.9. The van der Waals surface area contributed by atoms with Gasteiger partial charge in [0, 0.05) is 13.1 Å². The highest BCUT2D eigenvalue weighted by molar-refractivity contribution is 7.98. The summed E-state index contributed by atoms with van der Waals surface area (Å²) in [6, 6.07) is 1.88. The van der Waals surface area contributed by atoms with E-state index in [0.717, 1.165) is 31.5 Å². The van der Waals surface area contributed by atoms with E-state index in [9.17, 15) is 5.11 Å². The molecule has 0 bridgehead atoms. The normalized spacial score (nSPS) is 24.0. The van der Waals surface area contributed by atoms with Crippen LogP contribution in [0.3, 0.4) is 0 Å². The van der Waals surface area contributed by atoms with Crippen LogP contribution in [0.25, 0.3) is 0 Å². The third kappa shape index (κ3) is 3.08. The maximum Gasteiger partial charge on any atom is 0.190 e. The largest absolute Gasteiger partial charge is 0.391 e. The molecule has 1 aliphatic rings. The molecular weight excluding hydrogens is 270 g/mol. The molecule has 0 spiro atoms. The molecule has 1 heterocycles. The Morgan fingerprint density at radius 1 is 1.39 bits per heavy atom. The van der Waals surface area contributed by atoms with E-state index in [-0.39, 0.29) is 12.1 Å². The fourth-order valence-corrected chi connectivity index (χ4v) is 2.97. The number of likely N-dealkylation sites (N-methyl/N-ethyl adjacent to an activating group) is 1. The topological polar surface area (TPSA) is 49.2 Å². The van der Waals surface area contributed by atoms with Crippen LogP contribution in [0.2, 0.25) is 5.15 Å². The molecule has 0 aliphatic heterocycles. The second-order valence-corrected chi connectivity index (χ2v) is 5.73. The van der Waals surface area contributed by atoms with Crippen LogP contribution in [0.1, 0.15) is 25.7 Å². The van der Waals surface area contributed by atoms with Gasteiger partial charge in [0.1, 0.15) is 11.0 Å². The van der Waals surface area contributed by atoms with E-state index in [1.165, 1.54) is 11.8 Å². The van der Waals surface area contributed by atoms with Crippen LogP contribution in [-0.2, 0) is 0 Å². The van der Waals surface area contributed by atoms with Gasteiger partial charge in [0.25, 0.3) is 0 Å². The molecule has 18 heavy (non-hydrogen) atoms. The average Bonchev–Trinajstić information content (AvgIpc) is 2.37. The lowest BCUT2D eigenvalue weighted by Gasteiger charge is -2.35. The fraction of sp³-hybridized carbons (Fsp3) is 0.667. The summed E-state index contributed by atoms with van der Waals surface area (Å²) in [5.41, 5.74) is 0. The van der Waals surface area contributed by atoms with Gasteiger partial charge in [-0.15, -0.1) is 0 Å². The Balaban J connectivity index is 2.21. The highest BCUT2D eigenvalue weighted by atomic mass is 35.5. The van der Waals surface area contributed by atoms with Crippen LogP contribution in [-0.4, -0.2) is 40.5 Å². The lowest BCUT2D eigenvalue weighted by Crippen LogP contribution is -2.43. The average molecular weight is 288 g/mol. The molecular formula is C12H18ClN3OS. The summed E-state index contributed by atoms with van der Waals surface area (Å²) >= 11 is 7.46. The van der Waals surface area contributed by atoms with Crippen molar-refractivity contribution in [2.75, 3.05) is 18.2 Å². The summed E-state index contributed by atoms with van der Waals surface area (Å²) in [4.78, 5) is 10.6. The van der Waals surface area contributed by atoms with Crippen molar-refractivity contribution >= 4 is 29.2 Å². The predicted molar refractivity (Wildman–Crippen MR) is 75.5 cm³/mol. The van der Waals surface area contributed by atoms with E-state index in [4.69, 9.17) is 11.6 Å². The van der Waals surface area contributed by atoms with Gasteiger partial charge >= 0.3 is 0 Å². The molecule has 2 atom stereocenters. The Labute approximate surface area is 117 Å². The number of hydrogen-bond acceptors (Lipinski definition) is 5. The Kier molecular flexibility index (Phi) is 4.70. The maximum absolute atomic E-state index is 10.1. The van der Waals surface area contributed by atoms with Crippen molar-refractivity contribution in [1.29, 1.82) is 0 Å². The first-order valence-electron chi connectivity index (χ1n) is 6.11. The highest BCUT2D eigenvalue weighted by Gasteiger charge is 2.27. The molecule has 100 valence electrons. The zero-order valence-electron chi connectivity index (χ0n) is 10.6. The molecule has 0 amide bonds. The second-order valence-electron chi connectivity index (χ2n) is 4.57. The minimum Gasteiger partial charge on any atom is -0.391 e. The van der Waals surface area contributed by atoms with E-state index >= 15 is 0 Å². The monoisotopic (exact) mass is 287 g/mol. The van der Waals surface area contributed by atoms with Crippen molar-refractivity contribution in [3.63, 3.8) is 0 Å². The Morgan fingerprint density at radius 3 is 2.78 bits per heavy atom. The summed E-state index contributed by atoms with van der Waals surface area (Å²) < 4.78 is 0. The minimum atomic E-state index is -0.282. The molecule has 1 fully saturated rings. The Hall–Kier alpha value is -0.520. The van der Waals surface area contributed by atoms with Crippen molar-refractivity contribution < 1.29 is 5.11 Å². The van der Waals surface area contributed by atoms with Gasteiger partial charge in [0.15, 0.2) is 5.16 Å². The van der Waals surface area contributed by atoms with Crippen molar-refractivity contribution in [3.8, 4) is 0 Å². The number of halogens is 1. The number of aromatic nitrogens is 2. The van der Waals surface area contributed by atoms with Gasteiger partial charge in [-0.1, -0.05) is 36.2 Å². The van der Waals surface area contributed by atoms with E-state index in [1.54, 1.807) is 6.07 Å². The SMILES string of the molecule is CSc1nc(Cl)cc(N(C)C2CCCCC2O)n1. The van der Waals surface area contributed by atoms with E-state index in [0.29, 0.717) is 10.3 Å². The second kappa shape index (κ2) is 6.08. The van der Waals surface area contributed by atoms with Gasteiger partial charge in [0.2, 0.25) is 0 Å². The van der Waals surface area contributed by atoms with E-state index in [1.807, 2.05) is 18.2 Å². The molecule has 0 aromatic carbocycles. The van der Waals surface area contributed by atoms with Crippen LogP contribution < -0.4 is 4.90 Å². The summed E-state index contributed by atoms with van der Waals surface area (Å²) in [6.07, 6.45) is 5.75. The third-order valence-electron chi connectivity index (χ3n) is 3.40. The summed E-state index contributed by atoms with van der Waals surface area (Å²) in [7, 11) is 1.96. The molecule has 1 aliphatic carbocycles. The highest BCUT2D eigenvalue weighted by Crippen LogP contribution is 2.27. The number of hydrogen-bond donors (Lipinski definition) is 1. The molecule has 6 heteroatoms. The molecule has 0 saturated heterocycles. The first-order chi connectivity index (χ1) is 8.61. The maximum atomic E-state index is 10.1. The number of thioether (sulfide) groups is 1. The van der Waals surface area contributed by atoms with Crippen LogP contribution in [0.15, 0.2) is 11.2 Å². The quantitative estimate of drug-likeness (QED) is 0.526. The van der Waals surface area contributed by atoms with E-state index in [2.05, 4.69) is 9.97 Å². The first-order valence-corrected chi connectivity index (χ1v) is 7.71. The van der Waals surface area contributed by atoms with Crippen LogP contribution in [0.4, 0.5) is 5.82 Å². The number of anilines is 1. The number of aliphatic hydroxyl groups excluding tert-OH is 1. The number of rotatable bonds is 3. The molecule has 1 saturated carbocycles. The van der Waals surface area contributed by atoms with Gasteiger partial charge in [-0.3, -0.25) is 0 Å². The van der Waals surface area contributed by atoms with Crippen LogP contribution in [0.5, 0.6) is 0 Å². The standard InChI is InChI=1S/C12H18ClN3OS/c1-16(8-5-3-4-6-9(8)17)11-7-10(13)14-12(15-11)18-2/h7-9,17H,3-6H2,1-2H3. The molecule has 0 radical (unpaired) electrons. The summed E-state index contributed by atoms with van der Waals surface area (Å²) in [5.74, 6) is 0.783. The predicted octanol–water partition coefficient (Wildman–Crippen LogP) is 2.59. The van der Waals surface area contributed by atoms with Gasteiger partial charge in [-0.25, -0.2) is 9.97 Å². The molecule has 1 aromatic heterocycles. The molecule has 1 N–H and O–H groups in total. The van der Waals surface area contributed by atoms with Crippen molar-refractivity contribution in [1.82, 2.24) is 9.97 Å². The fourth-order valence-electron chi connectivity index (χ4n) is 2.37. The molecule has 2 rings (SSSR count). The van der Waals surface area contributed by atoms with Crippen LogP contribution in [0, 0.1) is 0 Å². The summed E-state index contributed by atoms with van der Waals surface area (Å²) in [6.45, 7) is 0. The van der Waals surface area contributed by atoms with Crippen molar-refractivity contribution in [2.24, 2.45) is 0 Å². The number of aliphatic hydroxyl groups is 1. The zero-order valence-corrected chi connectivity index (χ0v) is 12.2. The summed E-state index contributed by atoms with van der Waals surface area (Å²) in [5, 5.41) is 11.2. The zero-order chi connectivity index (χ0) is 13.1. The lowest BCUT2D eigenvalue weighted by atomic mass is 9.91. The van der Waals surface area contributed by atoms with E-state index < -0.39 is 0 Å². The molecule has 2 unspecified atom stereocenters. The van der Waals surface area contributed by atoms with Crippen molar-refractivity contribution in [3.05, 3.63) is 11.2 Å². The van der Waals surface area contributed by atoms with Gasteiger partial charge < -0.3 is 10.0 Å². The van der Waals surface area contributed by atoms with Crippen LogP contribution >= 0.6 is 23.4 Å². The molecule has 1 aromatic rings. The smallest absolute Gasteiger partial charge is 0.190 e. The van der Waals surface area contributed by atoms with Gasteiger partial charge in [-0.05, 0) is 19.1 Å². The van der Waals surface area contributed by atoms with Gasteiger partial charge in [-0.2, -0.15) is 0 Å². The third-order valence-corrected chi connectivity index (χ3v) is 4.14.